The van der Waals surface area contributed by atoms with E-state index in [0.717, 1.165) is 37.0 Å². The summed E-state index contributed by atoms with van der Waals surface area (Å²) in [6.45, 7) is 2.40. The largest absolute Gasteiger partial charge is 0.484 e. The molecule has 0 saturated heterocycles. The van der Waals surface area contributed by atoms with Gasteiger partial charge < -0.3 is 15.0 Å². The number of nitrogens with zero attached hydrogens (tertiary/aromatic N) is 1. The minimum absolute atomic E-state index is 0.0323. The SMILES string of the molecule is CCCCCNC(=O)[C@H](c1ccccc1)N(Cc1ccccc1)C(=O)COc1ccc(S(=O)(=O)Nc2ccc(F)cc2)cc1. The molecule has 0 aliphatic heterocycles. The number of unbranched alkanes of at least 4 members (excludes halogenated alkanes) is 2. The van der Waals surface area contributed by atoms with E-state index in [1.165, 1.54) is 41.3 Å². The zero-order chi connectivity index (χ0) is 31.4. The van der Waals surface area contributed by atoms with E-state index in [1.807, 2.05) is 60.7 Å². The van der Waals surface area contributed by atoms with Gasteiger partial charge in [0.15, 0.2) is 6.61 Å². The molecule has 2 N–H and O–H groups in total. The van der Waals surface area contributed by atoms with E-state index in [0.29, 0.717) is 12.1 Å². The summed E-state index contributed by atoms with van der Waals surface area (Å²) in [7, 11) is -3.93. The lowest BCUT2D eigenvalue weighted by molar-refractivity contribution is -0.143. The van der Waals surface area contributed by atoms with Crippen LogP contribution in [0, 0.1) is 5.82 Å². The second-order valence-corrected chi connectivity index (χ2v) is 11.9. The Kier molecular flexibility index (Phi) is 11.5. The fourth-order valence-electron chi connectivity index (χ4n) is 4.57. The van der Waals surface area contributed by atoms with Crippen molar-refractivity contribution in [1.29, 1.82) is 0 Å². The number of rotatable bonds is 15. The van der Waals surface area contributed by atoms with Crippen molar-refractivity contribution in [2.24, 2.45) is 0 Å². The van der Waals surface area contributed by atoms with Crippen LogP contribution in [0.15, 0.2) is 114 Å². The minimum Gasteiger partial charge on any atom is -0.484 e. The quantitative estimate of drug-likeness (QED) is 0.157. The molecular weight excluding hydrogens is 581 g/mol. The van der Waals surface area contributed by atoms with Crippen LogP contribution in [0.25, 0.3) is 0 Å². The molecular formula is C34H36FN3O5S. The smallest absolute Gasteiger partial charge is 0.261 e. The number of sulfonamides is 1. The van der Waals surface area contributed by atoms with E-state index in [9.17, 15) is 22.4 Å². The number of hydrogen-bond donors (Lipinski definition) is 2. The Morgan fingerprint density at radius 3 is 2.11 bits per heavy atom. The Balaban J connectivity index is 1.51. The van der Waals surface area contributed by atoms with Gasteiger partial charge in [-0.05, 0) is 66.1 Å². The van der Waals surface area contributed by atoms with Gasteiger partial charge in [-0.1, -0.05) is 80.4 Å². The molecule has 44 heavy (non-hydrogen) atoms. The maximum absolute atomic E-state index is 13.8. The molecule has 0 saturated carbocycles. The maximum Gasteiger partial charge on any atom is 0.261 e. The highest BCUT2D eigenvalue weighted by molar-refractivity contribution is 7.92. The van der Waals surface area contributed by atoms with Crippen LogP contribution < -0.4 is 14.8 Å². The summed E-state index contributed by atoms with van der Waals surface area (Å²) >= 11 is 0. The third-order valence-electron chi connectivity index (χ3n) is 6.86. The van der Waals surface area contributed by atoms with E-state index >= 15 is 0 Å². The normalized spacial score (nSPS) is 11.8. The van der Waals surface area contributed by atoms with E-state index in [-0.39, 0.29) is 35.4 Å². The Morgan fingerprint density at radius 2 is 1.48 bits per heavy atom. The van der Waals surface area contributed by atoms with Crippen LogP contribution in [0.4, 0.5) is 10.1 Å². The fourth-order valence-corrected chi connectivity index (χ4v) is 5.63. The van der Waals surface area contributed by atoms with Crippen LogP contribution in [0.2, 0.25) is 0 Å². The summed E-state index contributed by atoms with van der Waals surface area (Å²) in [5, 5.41) is 3.00. The summed E-state index contributed by atoms with van der Waals surface area (Å²) in [6.07, 6.45) is 2.84. The lowest BCUT2D eigenvalue weighted by Crippen LogP contribution is -2.45. The van der Waals surface area contributed by atoms with E-state index in [2.05, 4.69) is 17.0 Å². The van der Waals surface area contributed by atoms with Crippen molar-refractivity contribution in [3.8, 4) is 5.75 Å². The number of carbonyl (C=O) groups excluding carboxylic acids is 2. The molecule has 0 fully saturated rings. The topological polar surface area (TPSA) is 105 Å². The lowest BCUT2D eigenvalue weighted by atomic mass is 10.0. The average molecular weight is 618 g/mol. The van der Waals surface area contributed by atoms with Gasteiger partial charge in [-0.15, -0.1) is 0 Å². The lowest BCUT2D eigenvalue weighted by Gasteiger charge is -2.31. The number of hydrogen-bond acceptors (Lipinski definition) is 5. The van der Waals surface area contributed by atoms with Gasteiger partial charge in [-0.25, -0.2) is 12.8 Å². The van der Waals surface area contributed by atoms with Gasteiger partial charge >= 0.3 is 0 Å². The highest BCUT2D eigenvalue weighted by Crippen LogP contribution is 2.25. The van der Waals surface area contributed by atoms with Crippen LogP contribution in [0.3, 0.4) is 0 Å². The number of benzene rings is 4. The number of halogens is 1. The van der Waals surface area contributed by atoms with Gasteiger partial charge in [0.1, 0.15) is 17.6 Å². The first-order chi connectivity index (χ1) is 21.3. The molecule has 0 aromatic heterocycles. The van der Waals surface area contributed by atoms with Crippen LogP contribution >= 0.6 is 0 Å². The van der Waals surface area contributed by atoms with Crippen LogP contribution in [-0.4, -0.2) is 38.3 Å². The van der Waals surface area contributed by atoms with Crippen molar-refractivity contribution in [1.82, 2.24) is 10.2 Å². The third kappa shape index (κ3) is 9.15. The highest BCUT2D eigenvalue weighted by Gasteiger charge is 2.31. The van der Waals surface area contributed by atoms with Crippen molar-refractivity contribution >= 4 is 27.5 Å². The maximum atomic E-state index is 13.8. The molecule has 0 aliphatic rings. The van der Waals surface area contributed by atoms with Gasteiger partial charge in [0, 0.05) is 18.8 Å². The molecule has 2 amide bonds. The first-order valence-electron chi connectivity index (χ1n) is 14.4. The molecule has 4 aromatic carbocycles. The fraction of sp³-hybridized carbons (Fsp3) is 0.235. The Hall–Kier alpha value is -4.70. The number of anilines is 1. The van der Waals surface area contributed by atoms with Crippen molar-refractivity contribution in [3.05, 3.63) is 126 Å². The zero-order valence-corrected chi connectivity index (χ0v) is 25.3. The number of amides is 2. The van der Waals surface area contributed by atoms with Gasteiger partial charge in [0.05, 0.1) is 4.90 Å². The summed E-state index contributed by atoms with van der Waals surface area (Å²) in [4.78, 5) is 28.8. The number of carbonyl (C=O) groups is 2. The van der Waals surface area contributed by atoms with Gasteiger partial charge in [-0.3, -0.25) is 14.3 Å². The molecule has 0 bridgehead atoms. The first kappa shape index (κ1) is 32.2. The predicted octanol–water partition coefficient (Wildman–Crippen LogP) is 6.08. The summed E-state index contributed by atoms with van der Waals surface area (Å²) in [6, 6.07) is 28.2. The van der Waals surface area contributed by atoms with Crippen LogP contribution in [0.1, 0.15) is 43.4 Å². The molecule has 4 rings (SSSR count). The highest BCUT2D eigenvalue weighted by atomic mass is 32.2. The Morgan fingerprint density at radius 1 is 0.841 bits per heavy atom. The van der Waals surface area contributed by atoms with Gasteiger partial charge in [0.2, 0.25) is 5.91 Å². The molecule has 0 radical (unpaired) electrons. The van der Waals surface area contributed by atoms with Crippen molar-refractivity contribution in [3.63, 3.8) is 0 Å². The van der Waals surface area contributed by atoms with Gasteiger partial charge in [0.25, 0.3) is 15.9 Å². The summed E-state index contributed by atoms with van der Waals surface area (Å²) < 4.78 is 46.9. The standard InChI is InChI=1S/C34H36FN3O5S/c1-2-3-10-23-36-34(40)33(27-13-8-5-9-14-27)38(24-26-11-6-4-7-12-26)32(39)25-43-30-19-21-31(22-20-30)44(41,42)37-29-17-15-28(35)16-18-29/h4-9,11-22,33,37H,2-3,10,23-25H2,1H3,(H,36,40)/t33-/m0/s1. The molecule has 0 spiro atoms. The van der Waals surface area contributed by atoms with Crippen molar-refractivity contribution in [2.75, 3.05) is 17.9 Å². The molecule has 10 heteroatoms. The minimum atomic E-state index is -3.93. The molecule has 4 aromatic rings. The monoisotopic (exact) mass is 617 g/mol. The number of ether oxygens (including phenoxy) is 1. The molecule has 8 nitrogen and oxygen atoms in total. The average Bonchev–Trinajstić information content (AvgIpc) is 3.04. The summed E-state index contributed by atoms with van der Waals surface area (Å²) in [5.74, 6) is -0.895. The Bertz CT molecular complexity index is 1600. The van der Waals surface area contributed by atoms with Crippen molar-refractivity contribution < 1.29 is 27.1 Å². The molecule has 0 unspecified atom stereocenters. The molecule has 1 atom stereocenters. The van der Waals surface area contributed by atoms with Gasteiger partial charge in [-0.2, -0.15) is 0 Å². The van der Waals surface area contributed by atoms with E-state index in [4.69, 9.17) is 4.74 Å². The third-order valence-corrected chi connectivity index (χ3v) is 8.26. The van der Waals surface area contributed by atoms with E-state index < -0.39 is 27.8 Å². The zero-order valence-electron chi connectivity index (χ0n) is 24.5. The van der Waals surface area contributed by atoms with E-state index in [1.54, 1.807) is 0 Å². The van der Waals surface area contributed by atoms with Crippen LogP contribution in [0.5, 0.6) is 5.75 Å². The summed E-state index contributed by atoms with van der Waals surface area (Å²) in [5.41, 5.74) is 1.75. The Labute approximate surface area is 257 Å². The van der Waals surface area contributed by atoms with Crippen LogP contribution in [-0.2, 0) is 26.2 Å². The predicted molar refractivity (Wildman–Crippen MR) is 168 cm³/mol. The molecule has 230 valence electrons. The second-order valence-electron chi connectivity index (χ2n) is 10.2. The van der Waals surface area contributed by atoms with Crippen molar-refractivity contribution in [2.45, 2.75) is 43.7 Å². The molecule has 0 aliphatic carbocycles. The first-order valence-corrected chi connectivity index (χ1v) is 15.9. The second kappa shape index (κ2) is 15.7. The molecule has 0 heterocycles. The number of nitrogens with one attached hydrogen (secondary N) is 2.